The topological polar surface area (TPSA) is 200 Å². The van der Waals surface area contributed by atoms with Gasteiger partial charge in [0.15, 0.2) is 0 Å². The average molecular weight is 375 g/mol. The molecule has 0 radical (unpaired) electrons. The highest BCUT2D eigenvalue weighted by Crippen LogP contribution is 2.01. The highest BCUT2D eigenvalue weighted by Gasteiger charge is 2.21. The van der Waals surface area contributed by atoms with Crippen LogP contribution in [-0.2, 0) is 24.0 Å². The van der Waals surface area contributed by atoms with Crippen LogP contribution in [0.25, 0.3) is 0 Å². The number of hydrogen-bond donors (Lipinski definition) is 7. The van der Waals surface area contributed by atoms with Crippen LogP contribution in [0.1, 0.15) is 19.3 Å². The molecule has 0 aliphatic heterocycles. The highest BCUT2D eigenvalue weighted by atomic mass is 16.4. The van der Waals surface area contributed by atoms with Crippen LogP contribution in [0.4, 0.5) is 0 Å². The van der Waals surface area contributed by atoms with Gasteiger partial charge in [-0.15, -0.1) is 0 Å². The first-order chi connectivity index (χ1) is 12.3. The van der Waals surface area contributed by atoms with Gasteiger partial charge in [-0.25, -0.2) is 0 Å². The third-order valence-electron chi connectivity index (χ3n) is 3.05. The van der Waals surface area contributed by atoms with Gasteiger partial charge in [0.2, 0.25) is 23.6 Å². The average Bonchev–Trinajstić information content (AvgIpc) is 2.61. The van der Waals surface area contributed by atoms with E-state index in [0.717, 1.165) is 0 Å². The summed E-state index contributed by atoms with van der Waals surface area (Å²) in [6, 6.07) is -0.959. The summed E-state index contributed by atoms with van der Waals surface area (Å²) in [6.45, 7) is -1.78. The molecule has 12 heteroatoms. The lowest BCUT2D eigenvalue weighted by Gasteiger charge is -2.18. The summed E-state index contributed by atoms with van der Waals surface area (Å²) in [4.78, 5) is 56.5. The van der Waals surface area contributed by atoms with Crippen molar-refractivity contribution in [3.63, 3.8) is 0 Å². The Balaban J connectivity index is 4.41. The number of aliphatic carboxylic acids is 1. The molecule has 4 amide bonds. The maximum absolute atomic E-state index is 11.9. The van der Waals surface area contributed by atoms with Crippen LogP contribution in [-0.4, -0.2) is 78.6 Å². The highest BCUT2D eigenvalue weighted by molar-refractivity contribution is 5.92. The summed E-state index contributed by atoms with van der Waals surface area (Å²) in [5.41, 5.74) is 5.37. The molecule has 0 saturated carbocycles. The molecule has 0 aromatic rings. The second-order valence-corrected chi connectivity index (χ2v) is 5.23. The lowest BCUT2D eigenvalue weighted by Crippen LogP contribution is -2.50. The summed E-state index contributed by atoms with van der Waals surface area (Å²) in [6.07, 6.45) is 1.43. The Hall–Kier alpha value is -2.73. The third-order valence-corrected chi connectivity index (χ3v) is 3.05. The van der Waals surface area contributed by atoms with Gasteiger partial charge >= 0.3 is 5.97 Å². The van der Waals surface area contributed by atoms with Crippen molar-refractivity contribution in [1.29, 1.82) is 0 Å². The van der Waals surface area contributed by atoms with Crippen LogP contribution < -0.4 is 27.0 Å². The summed E-state index contributed by atoms with van der Waals surface area (Å²) in [5.74, 6) is -3.92. The number of carbonyl (C=O) groups is 5. The zero-order valence-electron chi connectivity index (χ0n) is 14.2. The van der Waals surface area contributed by atoms with Crippen molar-refractivity contribution < 1.29 is 34.2 Å². The quantitative estimate of drug-likeness (QED) is 0.158. The molecular formula is C14H25N5O7. The number of rotatable bonds is 13. The van der Waals surface area contributed by atoms with E-state index in [9.17, 15) is 24.0 Å². The predicted octanol–water partition coefficient (Wildman–Crippen LogP) is -3.97. The Bertz CT molecular complexity index is 512. The van der Waals surface area contributed by atoms with Gasteiger partial charge in [0.1, 0.15) is 19.2 Å². The fourth-order valence-corrected chi connectivity index (χ4v) is 1.77. The van der Waals surface area contributed by atoms with Crippen LogP contribution in [0.3, 0.4) is 0 Å². The number of aliphatic hydroxyl groups excluding tert-OH is 1. The number of carboxylic acids is 1. The molecular weight excluding hydrogens is 350 g/mol. The van der Waals surface area contributed by atoms with Gasteiger partial charge in [-0.3, -0.25) is 24.0 Å². The minimum absolute atomic E-state index is 0.259. The van der Waals surface area contributed by atoms with E-state index >= 15 is 0 Å². The van der Waals surface area contributed by atoms with Crippen molar-refractivity contribution in [3.8, 4) is 0 Å². The molecule has 26 heavy (non-hydrogen) atoms. The molecule has 0 fully saturated rings. The maximum atomic E-state index is 11.9. The molecule has 0 saturated heterocycles. The molecule has 12 nitrogen and oxygen atoms in total. The fourth-order valence-electron chi connectivity index (χ4n) is 1.77. The van der Waals surface area contributed by atoms with E-state index in [2.05, 4.69) is 21.3 Å². The van der Waals surface area contributed by atoms with Crippen LogP contribution in [0.15, 0.2) is 0 Å². The van der Waals surface area contributed by atoms with Crippen molar-refractivity contribution in [2.45, 2.75) is 25.3 Å². The smallest absolute Gasteiger partial charge is 0.322 e. The number of carboxylic acid groups (broad SMARTS) is 1. The van der Waals surface area contributed by atoms with Crippen LogP contribution >= 0.6 is 0 Å². The normalized spacial score (nSPS) is 11.2. The van der Waals surface area contributed by atoms with Gasteiger partial charge < -0.3 is 37.2 Å². The summed E-state index contributed by atoms with van der Waals surface area (Å²) < 4.78 is 0. The first-order valence-corrected chi connectivity index (χ1v) is 7.93. The Kier molecular flexibility index (Phi) is 12.1. The minimum atomic E-state index is -1.22. The Morgan fingerprint density at radius 3 is 2.04 bits per heavy atom. The van der Waals surface area contributed by atoms with Crippen LogP contribution in [0, 0.1) is 0 Å². The molecule has 0 aromatic heterocycles. The van der Waals surface area contributed by atoms with E-state index in [0.29, 0.717) is 19.4 Å². The number of carbonyl (C=O) groups excluding carboxylic acids is 4. The van der Waals surface area contributed by atoms with E-state index < -0.39 is 61.9 Å². The molecule has 0 aliphatic carbocycles. The minimum Gasteiger partial charge on any atom is -0.480 e. The first kappa shape index (κ1) is 23.3. The molecule has 0 heterocycles. The zero-order valence-corrected chi connectivity index (χ0v) is 14.2. The molecule has 0 bridgehead atoms. The van der Waals surface area contributed by atoms with Crippen molar-refractivity contribution >= 4 is 29.6 Å². The van der Waals surface area contributed by atoms with Gasteiger partial charge in [-0.2, -0.15) is 0 Å². The summed E-state index contributed by atoms with van der Waals surface area (Å²) in [5, 5.41) is 26.0. The molecule has 0 rings (SSSR count). The third kappa shape index (κ3) is 11.8. The lowest BCUT2D eigenvalue weighted by molar-refractivity contribution is -0.138. The number of nitrogens with one attached hydrogen (secondary N) is 4. The Morgan fingerprint density at radius 1 is 0.846 bits per heavy atom. The SMILES string of the molecule is NCCCCC(NC(=O)CNC(=O)CNC(=O)CO)C(=O)NCC(=O)O. The largest absolute Gasteiger partial charge is 0.480 e. The number of unbranched alkanes of at least 4 members (excludes halogenated alkanes) is 1. The number of amides is 4. The molecule has 1 atom stereocenters. The number of aliphatic hydroxyl groups is 1. The van der Waals surface area contributed by atoms with E-state index in [1.54, 1.807) is 0 Å². The first-order valence-electron chi connectivity index (χ1n) is 7.93. The van der Waals surface area contributed by atoms with E-state index in [4.69, 9.17) is 15.9 Å². The summed E-state index contributed by atoms with van der Waals surface area (Å²) >= 11 is 0. The summed E-state index contributed by atoms with van der Waals surface area (Å²) in [7, 11) is 0. The monoisotopic (exact) mass is 375 g/mol. The second-order valence-electron chi connectivity index (χ2n) is 5.23. The molecule has 8 N–H and O–H groups in total. The Morgan fingerprint density at radius 2 is 1.46 bits per heavy atom. The molecule has 1 unspecified atom stereocenters. The van der Waals surface area contributed by atoms with Crippen molar-refractivity contribution in [1.82, 2.24) is 21.3 Å². The zero-order chi connectivity index (χ0) is 19.9. The van der Waals surface area contributed by atoms with Crippen LogP contribution in [0.5, 0.6) is 0 Å². The van der Waals surface area contributed by atoms with E-state index in [1.165, 1.54) is 0 Å². The van der Waals surface area contributed by atoms with Crippen LogP contribution in [0.2, 0.25) is 0 Å². The number of hydrogen-bond acceptors (Lipinski definition) is 7. The van der Waals surface area contributed by atoms with Crippen molar-refractivity contribution in [3.05, 3.63) is 0 Å². The fraction of sp³-hybridized carbons (Fsp3) is 0.643. The van der Waals surface area contributed by atoms with E-state index in [-0.39, 0.29) is 6.42 Å². The van der Waals surface area contributed by atoms with Gasteiger partial charge in [0.25, 0.3) is 0 Å². The molecule has 148 valence electrons. The molecule has 0 aliphatic rings. The van der Waals surface area contributed by atoms with Crippen molar-refractivity contribution in [2.24, 2.45) is 5.73 Å². The predicted molar refractivity (Wildman–Crippen MR) is 88.6 cm³/mol. The lowest BCUT2D eigenvalue weighted by atomic mass is 10.1. The van der Waals surface area contributed by atoms with Crippen molar-refractivity contribution in [2.75, 3.05) is 32.8 Å². The second kappa shape index (κ2) is 13.5. The van der Waals surface area contributed by atoms with E-state index in [1.807, 2.05) is 0 Å². The maximum Gasteiger partial charge on any atom is 0.322 e. The molecule has 0 spiro atoms. The number of nitrogens with two attached hydrogens (primary N) is 1. The van der Waals surface area contributed by atoms with Gasteiger partial charge in [-0.05, 0) is 25.8 Å². The van der Waals surface area contributed by atoms with Gasteiger partial charge in [0.05, 0.1) is 13.1 Å². The van der Waals surface area contributed by atoms with Gasteiger partial charge in [0, 0.05) is 0 Å². The van der Waals surface area contributed by atoms with Gasteiger partial charge in [-0.1, -0.05) is 0 Å². The standard InChI is InChI=1S/C14H25N5O7/c15-4-2-1-3-9(14(26)18-7-13(24)25)19-11(22)6-16-10(21)5-17-12(23)8-20/h9,20H,1-8,15H2,(H,16,21)(H,17,23)(H,18,26)(H,19,22)(H,24,25). The molecule has 0 aromatic carbocycles. The Labute approximate surface area is 149 Å².